The van der Waals surface area contributed by atoms with Gasteiger partial charge in [-0.3, -0.25) is 9.59 Å². The van der Waals surface area contributed by atoms with Crippen molar-refractivity contribution < 1.29 is 19.1 Å². The number of nitrogens with one attached hydrogen (secondary N) is 2. The summed E-state index contributed by atoms with van der Waals surface area (Å²) in [7, 11) is 0. The molecule has 0 spiro atoms. The second-order valence-electron chi connectivity index (χ2n) is 9.93. The van der Waals surface area contributed by atoms with E-state index in [2.05, 4.69) is 37.1 Å². The molecule has 1 rings (SSSR count). The van der Waals surface area contributed by atoms with Crippen LogP contribution in [0.25, 0.3) is 0 Å². The number of aryl methyl sites for hydroxylation is 1. The van der Waals surface area contributed by atoms with E-state index in [4.69, 9.17) is 4.74 Å². The maximum atomic E-state index is 13.8. The second-order valence-corrected chi connectivity index (χ2v) is 10.3. The molecule has 0 heterocycles. The number of nitrogens with zero attached hydrogens (tertiary/aromatic N) is 1. The Labute approximate surface area is 217 Å². The molecule has 0 fully saturated rings. The van der Waals surface area contributed by atoms with Crippen molar-refractivity contribution >= 4 is 30.5 Å². The molecule has 1 aromatic rings. The van der Waals surface area contributed by atoms with E-state index in [0.717, 1.165) is 49.7 Å². The number of ether oxygens (including phenoxy) is 1. The van der Waals surface area contributed by atoms with Gasteiger partial charge < -0.3 is 20.3 Å². The largest absolute Gasteiger partial charge is 0.444 e. The summed E-state index contributed by atoms with van der Waals surface area (Å²) < 4.78 is 5.35. The highest BCUT2D eigenvalue weighted by molar-refractivity contribution is 7.80. The molecule has 8 heteroatoms. The lowest BCUT2D eigenvalue weighted by atomic mass is 10.0. The van der Waals surface area contributed by atoms with Crippen LogP contribution in [0, 0.1) is 6.92 Å². The highest BCUT2D eigenvalue weighted by Crippen LogP contribution is 2.24. The molecule has 0 saturated carbocycles. The highest BCUT2D eigenvalue weighted by atomic mass is 32.1. The molecule has 0 saturated heterocycles. The Kier molecular flexibility index (Phi) is 13.8. The fourth-order valence-electron chi connectivity index (χ4n) is 3.73. The average molecular weight is 508 g/mol. The van der Waals surface area contributed by atoms with E-state index in [0.29, 0.717) is 13.1 Å². The number of hydrogen-bond acceptors (Lipinski definition) is 5. The molecule has 0 radical (unpaired) electrons. The van der Waals surface area contributed by atoms with Crippen molar-refractivity contribution in [2.45, 2.75) is 97.8 Å². The normalized spacial score (nSPS) is 13.0. The third kappa shape index (κ3) is 11.4. The first kappa shape index (κ1) is 30.8. The van der Waals surface area contributed by atoms with Crippen LogP contribution < -0.4 is 10.6 Å². The Bertz CT molecular complexity index is 810. The van der Waals surface area contributed by atoms with Crippen LogP contribution >= 0.6 is 12.6 Å². The molecule has 2 atom stereocenters. The molecular weight excluding hydrogens is 462 g/mol. The van der Waals surface area contributed by atoms with Crippen molar-refractivity contribution in [1.82, 2.24) is 15.5 Å². The predicted octanol–water partition coefficient (Wildman–Crippen LogP) is 5.18. The minimum Gasteiger partial charge on any atom is -0.444 e. The molecule has 0 bridgehead atoms. The summed E-state index contributed by atoms with van der Waals surface area (Å²) in [6.07, 6.45) is 4.93. The van der Waals surface area contributed by atoms with E-state index >= 15 is 0 Å². The molecule has 0 aliphatic heterocycles. The Balaban J connectivity index is 3.30. The molecule has 2 unspecified atom stereocenters. The summed E-state index contributed by atoms with van der Waals surface area (Å²) in [5, 5.41) is 5.68. The van der Waals surface area contributed by atoms with E-state index in [1.807, 2.05) is 31.2 Å². The lowest BCUT2D eigenvalue weighted by Crippen LogP contribution is -2.54. The van der Waals surface area contributed by atoms with Gasteiger partial charge in [0.05, 0.1) is 0 Å². The van der Waals surface area contributed by atoms with Crippen LogP contribution in [0.5, 0.6) is 0 Å². The van der Waals surface area contributed by atoms with Gasteiger partial charge in [0.1, 0.15) is 17.7 Å². The number of unbranched alkanes of at least 4 members (excludes halogenated alkanes) is 4. The van der Waals surface area contributed by atoms with E-state index in [1.165, 1.54) is 0 Å². The number of carbonyl (C=O) groups excluding carboxylic acids is 3. The van der Waals surface area contributed by atoms with E-state index in [1.54, 1.807) is 25.7 Å². The lowest BCUT2D eigenvalue weighted by Gasteiger charge is -2.34. The minimum atomic E-state index is -0.921. The van der Waals surface area contributed by atoms with Crippen LogP contribution in [-0.4, -0.2) is 53.3 Å². The maximum Gasteiger partial charge on any atom is 0.408 e. The first-order valence-electron chi connectivity index (χ1n) is 12.8. The first-order valence-corrected chi connectivity index (χ1v) is 13.4. The average Bonchev–Trinajstić information content (AvgIpc) is 2.78. The van der Waals surface area contributed by atoms with Crippen LogP contribution in [0.1, 0.15) is 90.3 Å². The number of alkyl carbamates (subject to hydrolysis) is 1. The summed E-state index contributed by atoms with van der Waals surface area (Å²) in [5.41, 5.74) is 1.06. The fraction of sp³-hybridized carbons (Fsp3) is 0.667. The third-order valence-electron chi connectivity index (χ3n) is 5.45. The SMILES string of the molecule is CCCCCNC(=O)C(c1cccc(C)c1)N(CCCCC)C(=O)C(CS)NC(=O)OC(C)(C)C. The Morgan fingerprint density at radius 3 is 2.29 bits per heavy atom. The quantitative estimate of drug-likeness (QED) is 0.239. The van der Waals surface area contributed by atoms with Gasteiger partial charge in [-0.25, -0.2) is 4.79 Å². The van der Waals surface area contributed by atoms with Gasteiger partial charge in [-0.05, 0) is 46.1 Å². The molecule has 1 aromatic carbocycles. The van der Waals surface area contributed by atoms with Crippen molar-refractivity contribution in [3.05, 3.63) is 35.4 Å². The van der Waals surface area contributed by atoms with Gasteiger partial charge in [-0.1, -0.05) is 69.4 Å². The van der Waals surface area contributed by atoms with E-state index in [-0.39, 0.29) is 17.6 Å². The number of rotatable bonds is 14. The number of hydrogen-bond donors (Lipinski definition) is 3. The topological polar surface area (TPSA) is 87.7 Å². The van der Waals surface area contributed by atoms with Crippen molar-refractivity contribution in [2.75, 3.05) is 18.8 Å². The van der Waals surface area contributed by atoms with Crippen molar-refractivity contribution in [3.8, 4) is 0 Å². The smallest absolute Gasteiger partial charge is 0.408 e. The van der Waals surface area contributed by atoms with Gasteiger partial charge in [-0.15, -0.1) is 0 Å². The van der Waals surface area contributed by atoms with Crippen molar-refractivity contribution in [1.29, 1.82) is 0 Å². The van der Waals surface area contributed by atoms with Gasteiger partial charge in [-0.2, -0.15) is 12.6 Å². The van der Waals surface area contributed by atoms with Gasteiger partial charge in [0.25, 0.3) is 0 Å². The predicted molar refractivity (Wildman–Crippen MR) is 145 cm³/mol. The van der Waals surface area contributed by atoms with E-state index in [9.17, 15) is 14.4 Å². The number of benzene rings is 1. The summed E-state index contributed by atoms with van der Waals surface area (Å²) >= 11 is 4.33. The lowest BCUT2D eigenvalue weighted by molar-refractivity contribution is -0.142. The van der Waals surface area contributed by atoms with Crippen molar-refractivity contribution in [2.24, 2.45) is 0 Å². The van der Waals surface area contributed by atoms with Gasteiger partial charge in [0, 0.05) is 18.8 Å². The molecule has 0 aliphatic carbocycles. The Morgan fingerprint density at radius 1 is 1.06 bits per heavy atom. The number of amides is 3. The Morgan fingerprint density at radius 2 is 1.71 bits per heavy atom. The molecule has 0 aromatic heterocycles. The molecule has 3 amide bonds. The summed E-state index contributed by atoms with van der Waals surface area (Å²) in [5.74, 6) is -0.481. The zero-order valence-electron chi connectivity index (χ0n) is 22.4. The van der Waals surface area contributed by atoms with E-state index < -0.39 is 23.8 Å². The molecule has 198 valence electrons. The molecule has 35 heavy (non-hydrogen) atoms. The first-order chi connectivity index (χ1) is 16.5. The summed E-state index contributed by atoms with van der Waals surface area (Å²) in [6, 6.07) is 5.95. The maximum absolute atomic E-state index is 13.8. The van der Waals surface area contributed by atoms with Crippen LogP contribution in [-0.2, 0) is 14.3 Å². The zero-order valence-corrected chi connectivity index (χ0v) is 23.2. The second kappa shape index (κ2) is 15.7. The molecule has 7 nitrogen and oxygen atoms in total. The van der Waals surface area contributed by atoms with Gasteiger partial charge >= 0.3 is 6.09 Å². The monoisotopic (exact) mass is 507 g/mol. The summed E-state index contributed by atoms with van der Waals surface area (Å²) in [4.78, 5) is 41.3. The third-order valence-corrected chi connectivity index (χ3v) is 5.82. The van der Waals surface area contributed by atoms with Crippen LogP contribution in [0.4, 0.5) is 4.79 Å². The fourth-order valence-corrected chi connectivity index (χ4v) is 3.98. The zero-order chi connectivity index (χ0) is 26.4. The molecular formula is C27H45N3O4S. The number of carbonyl (C=O) groups is 3. The van der Waals surface area contributed by atoms with Crippen LogP contribution in [0.3, 0.4) is 0 Å². The molecule has 0 aliphatic rings. The molecule has 2 N–H and O–H groups in total. The van der Waals surface area contributed by atoms with Crippen LogP contribution in [0.15, 0.2) is 24.3 Å². The highest BCUT2D eigenvalue weighted by Gasteiger charge is 2.35. The minimum absolute atomic E-state index is 0.0843. The van der Waals surface area contributed by atoms with Crippen molar-refractivity contribution in [3.63, 3.8) is 0 Å². The van der Waals surface area contributed by atoms with Crippen LogP contribution in [0.2, 0.25) is 0 Å². The Hall–Kier alpha value is -2.22. The summed E-state index contributed by atoms with van der Waals surface area (Å²) in [6.45, 7) is 12.4. The van der Waals surface area contributed by atoms with Gasteiger partial charge in [0.15, 0.2) is 0 Å². The number of thiol groups is 1. The van der Waals surface area contributed by atoms with Gasteiger partial charge in [0.2, 0.25) is 11.8 Å². The standard InChI is InChI=1S/C27H45N3O4S/c1-7-9-11-16-28-24(31)23(21-15-13-14-20(3)18-21)30(17-12-10-8-2)25(32)22(19-35)29-26(33)34-27(4,5)6/h13-15,18,22-23,35H,7-12,16-17,19H2,1-6H3,(H,28,31)(H,29,33).